The Kier molecular flexibility index (Phi) is 9.52. The van der Waals surface area contributed by atoms with Crippen LogP contribution >= 0.6 is 11.8 Å². The topological polar surface area (TPSA) is 134 Å². The van der Waals surface area contributed by atoms with Crippen LogP contribution in [0.4, 0.5) is 0 Å². The highest BCUT2D eigenvalue weighted by atomic mass is 32.2. The van der Waals surface area contributed by atoms with E-state index in [-0.39, 0.29) is 13.2 Å². The van der Waals surface area contributed by atoms with Crippen LogP contribution in [-0.2, 0) is 57.0 Å². The largest absolute Gasteiger partial charge is 0.456 e. The third-order valence-corrected chi connectivity index (χ3v) is 8.75. The molecule has 6 rings (SSSR count). The number of fused-ring (bicyclic) bond motifs is 3. The van der Waals surface area contributed by atoms with Crippen LogP contribution in [-0.4, -0.2) is 91.7 Å². The van der Waals surface area contributed by atoms with Crippen LogP contribution < -0.4 is 0 Å². The number of carbonyl (C=O) groups excluding carboxylic acids is 3. The lowest BCUT2D eigenvalue weighted by molar-refractivity contribution is -0.373. The molecule has 0 aliphatic carbocycles. The lowest BCUT2D eigenvalue weighted by Crippen LogP contribution is -2.66. The van der Waals surface area contributed by atoms with Crippen molar-refractivity contribution in [2.45, 2.75) is 92.5 Å². The Morgan fingerprint density at radius 1 is 0.659 bits per heavy atom. The van der Waals surface area contributed by atoms with Gasteiger partial charge >= 0.3 is 17.9 Å². The van der Waals surface area contributed by atoms with E-state index < -0.39 is 84.8 Å². The molecule has 2 aromatic carbocycles. The van der Waals surface area contributed by atoms with Gasteiger partial charge in [0.05, 0.1) is 13.2 Å². The molecule has 4 saturated heterocycles. The SMILES string of the molecule is CC(=O)O[C@@H]1[C@@H](OC(C)=O)[C@H](O[C@H]2[C@@H]3OC[C@H]2O[C@@H](Sc2ccccc2)[C@@H]3OC(C)=O)O[C@@H]2COC(c3ccccc3)O[C@@H]12. The Morgan fingerprint density at radius 3 is 1.95 bits per heavy atom. The molecule has 0 spiro atoms. The van der Waals surface area contributed by atoms with E-state index in [0.717, 1.165) is 10.5 Å². The fourth-order valence-corrected chi connectivity index (χ4v) is 6.98. The normalized spacial score (nSPS) is 36.1. The highest BCUT2D eigenvalue weighted by Crippen LogP contribution is 2.43. The molecular formula is C31H34O12S. The minimum atomic E-state index is -1.22. The zero-order chi connectivity index (χ0) is 30.8. The van der Waals surface area contributed by atoms with Crippen molar-refractivity contribution in [3.8, 4) is 0 Å². The fourth-order valence-electron chi connectivity index (χ4n) is 5.85. The monoisotopic (exact) mass is 630 g/mol. The summed E-state index contributed by atoms with van der Waals surface area (Å²) in [6.45, 7) is 4.08. The molecule has 11 atom stereocenters. The molecule has 13 heteroatoms. The van der Waals surface area contributed by atoms with Gasteiger partial charge in [-0.15, -0.1) is 0 Å². The first-order valence-electron chi connectivity index (χ1n) is 14.4. The molecule has 4 aliphatic heterocycles. The van der Waals surface area contributed by atoms with Crippen LogP contribution in [0.1, 0.15) is 32.6 Å². The Morgan fingerprint density at radius 2 is 1.27 bits per heavy atom. The van der Waals surface area contributed by atoms with Crippen LogP contribution in [0.3, 0.4) is 0 Å². The third kappa shape index (κ3) is 6.79. The van der Waals surface area contributed by atoms with Crippen LogP contribution in [0.5, 0.6) is 0 Å². The summed E-state index contributed by atoms with van der Waals surface area (Å²) in [6.07, 6.45) is -8.68. The molecule has 0 N–H and O–H groups in total. The standard InChI is InChI=1S/C31H34O12S/c1-16(32)37-26-24-21(15-36-29(42-24)19-10-6-4-7-11-19)40-30(27(26)38-17(2)33)43-23-22-14-35-25(23)28(39-18(3)34)31(41-22)44-20-12-8-5-9-13-20/h4-13,21-31H,14-15H2,1-3H3/t21-,22-,23-,24-,25+,26+,27-,28-,29?,30+,31+/m1/s1. The molecule has 12 nitrogen and oxygen atoms in total. The zero-order valence-electron chi connectivity index (χ0n) is 24.3. The van der Waals surface area contributed by atoms with Crippen molar-refractivity contribution < 1.29 is 57.0 Å². The first-order valence-corrected chi connectivity index (χ1v) is 15.3. The Bertz CT molecular complexity index is 1310. The van der Waals surface area contributed by atoms with Crippen molar-refractivity contribution >= 4 is 29.7 Å². The molecule has 4 aliphatic rings. The number of benzene rings is 2. The van der Waals surface area contributed by atoms with Gasteiger partial charge < -0.3 is 42.6 Å². The van der Waals surface area contributed by atoms with Gasteiger partial charge in [-0.05, 0) is 12.1 Å². The highest BCUT2D eigenvalue weighted by Gasteiger charge is 2.59. The first-order chi connectivity index (χ1) is 21.3. The highest BCUT2D eigenvalue weighted by molar-refractivity contribution is 7.99. The lowest BCUT2D eigenvalue weighted by Gasteiger charge is -2.49. The van der Waals surface area contributed by atoms with E-state index in [1.807, 2.05) is 60.7 Å². The molecule has 2 bridgehead atoms. The summed E-state index contributed by atoms with van der Waals surface area (Å²) in [5.41, 5.74) is 0.200. The summed E-state index contributed by atoms with van der Waals surface area (Å²) >= 11 is 1.41. The molecule has 44 heavy (non-hydrogen) atoms. The smallest absolute Gasteiger partial charge is 0.303 e. The van der Waals surface area contributed by atoms with Crippen LogP contribution in [0.25, 0.3) is 0 Å². The number of rotatable bonds is 8. The molecule has 2 aromatic rings. The average molecular weight is 631 g/mol. The summed E-state index contributed by atoms with van der Waals surface area (Å²) in [5, 5.41) is 0. The number of thioether (sulfide) groups is 1. The second-order valence-corrected chi connectivity index (χ2v) is 12.0. The second kappa shape index (κ2) is 13.5. The number of hydrogen-bond acceptors (Lipinski definition) is 13. The molecule has 0 aromatic heterocycles. The Hall–Kier alpha value is -3.04. The van der Waals surface area contributed by atoms with E-state index in [2.05, 4.69) is 0 Å². The molecule has 0 radical (unpaired) electrons. The van der Waals surface area contributed by atoms with Gasteiger partial charge in [0, 0.05) is 31.2 Å². The third-order valence-electron chi connectivity index (χ3n) is 7.59. The van der Waals surface area contributed by atoms with Crippen molar-refractivity contribution in [1.29, 1.82) is 0 Å². The summed E-state index contributed by atoms with van der Waals surface area (Å²) in [4.78, 5) is 37.7. The predicted octanol–water partition coefficient (Wildman–Crippen LogP) is 2.92. The van der Waals surface area contributed by atoms with Crippen molar-refractivity contribution in [3.63, 3.8) is 0 Å². The summed E-state index contributed by atoms with van der Waals surface area (Å²) < 4.78 is 54.5. The average Bonchev–Trinajstić information content (AvgIpc) is 3.29. The van der Waals surface area contributed by atoms with Gasteiger partial charge in [-0.1, -0.05) is 60.3 Å². The lowest BCUT2D eigenvalue weighted by atomic mass is 9.96. The summed E-state index contributed by atoms with van der Waals surface area (Å²) in [6, 6.07) is 18.9. The van der Waals surface area contributed by atoms with Gasteiger partial charge in [-0.25, -0.2) is 0 Å². The maximum absolute atomic E-state index is 12.3. The Balaban J connectivity index is 1.25. The van der Waals surface area contributed by atoms with Crippen LogP contribution in [0.15, 0.2) is 65.6 Å². The van der Waals surface area contributed by atoms with E-state index in [0.29, 0.717) is 0 Å². The predicted molar refractivity (Wildman–Crippen MR) is 151 cm³/mol. The molecule has 236 valence electrons. The maximum atomic E-state index is 12.3. The van der Waals surface area contributed by atoms with Crippen molar-refractivity contribution in [3.05, 3.63) is 66.2 Å². The van der Waals surface area contributed by atoms with Gasteiger partial charge in [0.15, 0.2) is 30.9 Å². The summed E-state index contributed by atoms with van der Waals surface area (Å²) in [7, 11) is 0. The molecule has 0 amide bonds. The van der Waals surface area contributed by atoms with E-state index in [4.69, 9.17) is 42.6 Å². The van der Waals surface area contributed by atoms with Gasteiger partial charge in [0.25, 0.3) is 0 Å². The zero-order valence-corrected chi connectivity index (χ0v) is 25.2. The fraction of sp³-hybridized carbons (Fsp3) is 0.516. The van der Waals surface area contributed by atoms with Gasteiger partial charge in [-0.3, -0.25) is 14.4 Å². The van der Waals surface area contributed by atoms with E-state index in [1.54, 1.807) is 0 Å². The molecular weight excluding hydrogens is 596 g/mol. The van der Waals surface area contributed by atoms with Crippen LogP contribution in [0, 0.1) is 0 Å². The molecule has 4 fully saturated rings. The molecule has 4 heterocycles. The first kappa shape index (κ1) is 31.0. The van der Waals surface area contributed by atoms with Crippen molar-refractivity contribution in [2.24, 2.45) is 0 Å². The number of ether oxygens (including phenoxy) is 9. The van der Waals surface area contributed by atoms with Crippen molar-refractivity contribution in [1.82, 2.24) is 0 Å². The van der Waals surface area contributed by atoms with Gasteiger partial charge in [0.1, 0.15) is 36.0 Å². The minimum Gasteiger partial charge on any atom is -0.456 e. The van der Waals surface area contributed by atoms with Crippen molar-refractivity contribution in [2.75, 3.05) is 13.2 Å². The minimum absolute atomic E-state index is 0.0883. The van der Waals surface area contributed by atoms with E-state index in [1.165, 1.54) is 32.5 Å². The Labute approximate surface area is 258 Å². The molecule has 1 unspecified atom stereocenters. The molecule has 0 saturated carbocycles. The number of hydrogen-bond donors (Lipinski definition) is 0. The second-order valence-electron chi connectivity index (χ2n) is 10.8. The van der Waals surface area contributed by atoms with Crippen LogP contribution in [0.2, 0.25) is 0 Å². The van der Waals surface area contributed by atoms with E-state index in [9.17, 15) is 14.4 Å². The van der Waals surface area contributed by atoms with E-state index >= 15 is 0 Å². The quantitative estimate of drug-likeness (QED) is 0.313. The summed E-state index contributed by atoms with van der Waals surface area (Å²) in [5.74, 6) is -1.73. The number of esters is 3. The number of carbonyl (C=O) groups is 3. The maximum Gasteiger partial charge on any atom is 0.303 e. The van der Waals surface area contributed by atoms with Gasteiger partial charge in [-0.2, -0.15) is 0 Å². The van der Waals surface area contributed by atoms with Gasteiger partial charge in [0.2, 0.25) is 0 Å².